The van der Waals surface area contributed by atoms with Gasteiger partial charge in [0.1, 0.15) is 5.82 Å². The maximum Gasteiger partial charge on any atom is 0.335 e. The van der Waals surface area contributed by atoms with E-state index in [1.165, 1.54) is 30.5 Å². The molecular weight excluding hydrogens is 227 g/mol. The smallest absolute Gasteiger partial charge is 0.207 e. The molecule has 4 heteroatoms. The second kappa shape index (κ2) is 9.21. The summed E-state index contributed by atoms with van der Waals surface area (Å²) in [5.41, 5.74) is 1.24. The van der Waals surface area contributed by atoms with Gasteiger partial charge in [0, 0.05) is 0 Å². The van der Waals surface area contributed by atoms with E-state index in [4.69, 9.17) is 8.42 Å². The highest BCUT2D eigenvalue weighted by atomic mass is 32.1. The molecule has 0 radical (unpaired) electrons. The highest BCUT2D eigenvalue weighted by Gasteiger charge is 1.96. The lowest BCUT2D eigenvalue weighted by Gasteiger charge is -2.04. The number of hydrogen-bond donors (Lipinski definition) is 0. The number of rotatable bonds is 4. The van der Waals surface area contributed by atoms with Crippen molar-refractivity contribution in [3.8, 4) is 0 Å². The summed E-state index contributed by atoms with van der Waals surface area (Å²) in [4.78, 5) is 0. The molecule has 0 aliphatic carbocycles. The van der Waals surface area contributed by atoms with Gasteiger partial charge < -0.3 is 0 Å². The topological polar surface area (TPSA) is 34.1 Å². The molecule has 0 unspecified atom stereocenters. The van der Waals surface area contributed by atoms with Crippen LogP contribution in [0.1, 0.15) is 32.3 Å². The third-order valence-electron chi connectivity index (χ3n) is 2.16. The predicted molar refractivity (Wildman–Crippen MR) is 63.1 cm³/mol. The zero-order valence-electron chi connectivity index (χ0n) is 9.61. The fourth-order valence-corrected chi connectivity index (χ4v) is 1.37. The lowest BCUT2D eigenvalue weighted by Crippen LogP contribution is -1.90. The van der Waals surface area contributed by atoms with Crippen molar-refractivity contribution in [1.29, 1.82) is 0 Å². The van der Waals surface area contributed by atoms with E-state index in [1.807, 2.05) is 12.1 Å². The summed E-state index contributed by atoms with van der Waals surface area (Å²) in [6, 6.07) is 6.81. The fraction of sp³-hybridized carbons (Fsp3) is 0.500. The minimum Gasteiger partial charge on any atom is -0.207 e. The van der Waals surface area contributed by atoms with E-state index in [1.54, 1.807) is 0 Å². The second-order valence-corrected chi connectivity index (χ2v) is 4.12. The molecule has 0 aliphatic heterocycles. The van der Waals surface area contributed by atoms with Crippen LogP contribution in [0.3, 0.4) is 0 Å². The first-order valence-corrected chi connectivity index (χ1v) is 5.93. The molecule has 0 fully saturated rings. The van der Waals surface area contributed by atoms with Crippen LogP contribution in [0.2, 0.25) is 0 Å². The summed E-state index contributed by atoms with van der Waals surface area (Å²) in [6.45, 7) is 4.45. The maximum absolute atomic E-state index is 12.5. The first-order chi connectivity index (χ1) is 7.60. The van der Waals surface area contributed by atoms with Crippen LogP contribution in [0, 0.1) is 11.7 Å². The van der Waals surface area contributed by atoms with Crippen molar-refractivity contribution in [2.45, 2.75) is 33.1 Å². The Morgan fingerprint density at radius 1 is 1.19 bits per heavy atom. The van der Waals surface area contributed by atoms with Gasteiger partial charge >= 0.3 is 11.6 Å². The van der Waals surface area contributed by atoms with E-state index in [9.17, 15) is 4.39 Å². The highest BCUT2D eigenvalue weighted by molar-refractivity contribution is 7.51. The van der Waals surface area contributed by atoms with Gasteiger partial charge in [0.15, 0.2) is 0 Å². The Balaban J connectivity index is 0.000000673. The summed E-state index contributed by atoms with van der Waals surface area (Å²) in [7, 11) is 0. The zero-order valence-corrected chi connectivity index (χ0v) is 10.4. The molecule has 0 amide bonds. The Labute approximate surface area is 99.5 Å². The van der Waals surface area contributed by atoms with Crippen LogP contribution in [0.15, 0.2) is 24.3 Å². The molecule has 0 heterocycles. The van der Waals surface area contributed by atoms with E-state index in [-0.39, 0.29) is 5.82 Å². The monoisotopic (exact) mass is 244 g/mol. The van der Waals surface area contributed by atoms with Crippen LogP contribution in [0.25, 0.3) is 0 Å². The minimum absolute atomic E-state index is 0.146. The first-order valence-electron chi connectivity index (χ1n) is 5.26. The van der Waals surface area contributed by atoms with Crippen LogP contribution in [0.4, 0.5) is 4.39 Å². The van der Waals surface area contributed by atoms with Gasteiger partial charge in [0.05, 0.1) is 0 Å². The molecule has 0 spiro atoms. The van der Waals surface area contributed by atoms with E-state index in [2.05, 4.69) is 13.8 Å². The van der Waals surface area contributed by atoms with Crippen LogP contribution in [-0.4, -0.2) is 8.42 Å². The third kappa shape index (κ3) is 8.29. The molecule has 0 N–H and O–H groups in total. The van der Waals surface area contributed by atoms with Crippen molar-refractivity contribution < 1.29 is 12.8 Å². The molecule has 2 nitrogen and oxygen atoms in total. The molecule has 0 bridgehead atoms. The molecule has 16 heavy (non-hydrogen) atoms. The van der Waals surface area contributed by atoms with Gasteiger partial charge in [-0.15, -0.1) is 0 Å². The quantitative estimate of drug-likeness (QED) is 0.815. The Hall–Kier alpha value is -1.03. The minimum atomic E-state index is -0.750. The zero-order chi connectivity index (χ0) is 12.4. The first kappa shape index (κ1) is 15.0. The van der Waals surface area contributed by atoms with Crippen LogP contribution in [0.5, 0.6) is 0 Å². The van der Waals surface area contributed by atoms with E-state index < -0.39 is 11.6 Å². The Kier molecular flexibility index (Phi) is 8.62. The number of halogens is 1. The predicted octanol–water partition coefficient (Wildman–Crippen LogP) is 3.13. The summed E-state index contributed by atoms with van der Waals surface area (Å²) < 4.78 is 29.1. The largest absolute Gasteiger partial charge is 0.335 e. The number of hydrogen-bond acceptors (Lipinski definition) is 2. The average Bonchev–Trinajstić information content (AvgIpc) is 2.22. The number of benzene rings is 1. The molecular formula is C12H17FO2S. The Morgan fingerprint density at radius 2 is 1.69 bits per heavy atom. The Morgan fingerprint density at radius 3 is 2.12 bits per heavy atom. The molecule has 0 atom stereocenters. The summed E-state index contributed by atoms with van der Waals surface area (Å²) in [5.74, 6) is 0.619. The van der Waals surface area contributed by atoms with Gasteiger partial charge in [0.25, 0.3) is 0 Å². The molecule has 0 saturated carbocycles. The standard InChI is InChI=1S/C12H17F.O2S/c1-10(2)4-3-5-11-6-8-12(13)9-7-11;1-3-2/h6-10H,3-5H2,1-2H3;. The molecule has 1 aromatic rings. The normalized spacial score (nSPS) is 9.50. The maximum atomic E-state index is 12.5. The van der Waals surface area contributed by atoms with Gasteiger partial charge in [-0.05, 0) is 36.5 Å². The van der Waals surface area contributed by atoms with Gasteiger partial charge in [-0.3, -0.25) is 0 Å². The summed E-state index contributed by atoms with van der Waals surface area (Å²) in [6.07, 6.45) is 3.51. The van der Waals surface area contributed by atoms with Gasteiger partial charge in [-0.1, -0.05) is 32.4 Å². The van der Waals surface area contributed by atoms with Crippen molar-refractivity contribution in [3.63, 3.8) is 0 Å². The molecule has 90 valence electrons. The molecule has 1 aromatic carbocycles. The lowest BCUT2D eigenvalue weighted by molar-refractivity contribution is 0.555. The van der Waals surface area contributed by atoms with Gasteiger partial charge in [0.2, 0.25) is 0 Å². The molecule has 0 aliphatic rings. The van der Waals surface area contributed by atoms with Crippen LogP contribution in [-0.2, 0) is 18.0 Å². The van der Waals surface area contributed by atoms with Gasteiger partial charge in [-0.2, -0.15) is 8.42 Å². The molecule has 1 rings (SSSR count). The van der Waals surface area contributed by atoms with Crippen molar-refractivity contribution in [1.82, 2.24) is 0 Å². The van der Waals surface area contributed by atoms with Crippen LogP contribution >= 0.6 is 0 Å². The van der Waals surface area contributed by atoms with Crippen molar-refractivity contribution >= 4 is 11.6 Å². The molecule has 0 aromatic heterocycles. The molecule has 0 saturated heterocycles. The third-order valence-corrected chi connectivity index (χ3v) is 2.16. The Bertz CT molecular complexity index is 316. The highest BCUT2D eigenvalue weighted by Crippen LogP contribution is 2.10. The average molecular weight is 244 g/mol. The van der Waals surface area contributed by atoms with E-state index >= 15 is 0 Å². The van der Waals surface area contributed by atoms with E-state index in [0.717, 1.165) is 12.3 Å². The summed E-state index contributed by atoms with van der Waals surface area (Å²) in [5, 5.41) is 0. The van der Waals surface area contributed by atoms with Crippen molar-refractivity contribution in [2.75, 3.05) is 0 Å². The van der Waals surface area contributed by atoms with Crippen LogP contribution < -0.4 is 0 Å². The summed E-state index contributed by atoms with van der Waals surface area (Å²) >= 11 is -0.750. The second-order valence-electron chi connectivity index (χ2n) is 3.98. The lowest BCUT2D eigenvalue weighted by atomic mass is 10.0. The van der Waals surface area contributed by atoms with E-state index in [0.29, 0.717) is 0 Å². The fourth-order valence-electron chi connectivity index (χ4n) is 1.37. The van der Waals surface area contributed by atoms with Crippen molar-refractivity contribution in [2.24, 2.45) is 5.92 Å². The van der Waals surface area contributed by atoms with Gasteiger partial charge in [-0.25, -0.2) is 4.39 Å². The SMILES string of the molecule is CC(C)CCCc1ccc(F)cc1.O=S=O. The number of aryl methyl sites for hydroxylation is 1. The van der Waals surface area contributed by atoms with Crippen molar-refractivity contribution in [3.05, 3.63) is 35.6 Å².